The number of benzene rings is 5. The number of nitrogens with two attached hydrogens (primary N) is 1. The lowest BCUT2D eigenvalue weighted by atomic mass is 9.91. The zero-order valence-electron chi connectivity index (χ0n) is 68.8. The maximum Gasteiger partial charge on any atom is 0.310 e. The van der Waals surface area contributed by atoms with Crippen molar-refractivity contribution in [2.75, 3.05) is 26.4 Å². The molecule has 20 nitrogen and oxygen atoms in total. The number of halogens is 5. The molecule has 4 aromatic heterocycles. The molecule has 2 unspecified atom stereocenters. The van der Waals surface area contributed by atoms with Gasteiger partial charge in [-0.05, 0) is 182 Å². The zero-order valence-corrected chi connectivity index (χ0v) is 68.8. The minimum atomic E-state index is -0.992. The summed E-state index contributed by atoms with van der Waals surface area (Å²) in [6, 6.07) is 35.6. The zero-order chi connectivity index (χ0) is 83.9. The van der Waals surface area contributed by atoms with E-state index in [-0.39, 0.29) is 109 Å². The van der Waals surface area contributed by atoms with E-state index >= 15 is 0 Å². The summed E-state index contributed by atoms with van der Waals surface area (Å²) in [4.78, 5) is 47.3. The van der Waals surface area contributed by atoms with Crippen LogP contribution in [0.5, 0.6) is 0 Å². The summed E-state index contributed by atoms with van der Waals surface area (Å²) in [5.41, 5.74) is 16.1. The fourth-order valence-electron chi connectivity index (χ4n) is 10.6. The second-order valence-electron chi connectivity index (χ2n) is 33.4. The van der Waals surface area contributed by atoms with Crippen molar-refractivity contribution < 1.29 is 75.4 Å². The van der Waals surface area contributed by atoms with Gasteiger partial charge in [0.25, 0.3) is 0 Å². The van der Waals surface area contributed by atoms with E-state index in [0.717, 1.165) is 62.6 Å². The van der Waals surface area contributed by atoms with Crippen molar-refractivity contribution in [3.8, 4) is 17.1 Å². The molecule has 0 aliphatic carbocycles. The molecule has 6 N–H and O–H groups in total. The van der Waals surface area contributed by atoms with E-state index in [2.05, 4.69) is 103 Å². The molecule has 0 saturated carbocycles. The van der Waals surface area contributed by atoms with Crippen molar-refractivity contribution in [3.05, 3.63) is 230 Å². The number of nitrogens with one attached hydrogen (secondary N) is 1. The van der Waals surface area contributed by atoms with Gasteiger partial charge < -0.3 is 40.0 Å². The number of esters is 2. The number of H-pyrrole nitrogens is 1. The molecule has 25 heteroatoms. The van der Waals surface area contributed by atoms with Crippen molar-refractivity contribution in [2.45, 2.75) is 241 Å². The summed E-state index contributed by atoms with van der Waals surface area (Å²) < 4.78 is 93.7. The molecule has 0 amide bonds. The highest BCUT2D eigenvalue weighted by atomic mass is 19.1. The minimum Gasteiger partial charge on any atom is -0.481 e. The molecule has 4 heterocycles. The Morgan fingerprint density at radius 1 is 0.446 bits per heavy atom. The second kappa shape index (κ2) is 41.3. The van der Waals surface area contributed by atoms with Crippen LogP contribution in [0, 0.1) is 29.1 Å². The molecule has 9 aromatic rings. The SMILES string of the molecule is CC(C(=O)CCc1cc(C(C)(C)C)nn1-c1ccc(F)cc1)c1ccc(COCCO)c(F)c1.CC(C(=O)O)c1ccc(COCCO)c(F)c1.CC(C)(C)OC(=O)CCc1cc(C(C)(C)C)n[nH]1.CC(C)(C)OC(=O)CCc1cc(C(C)(C)C)nn1-c1ccc(F)cc1.CC(C)(C)c1cc(CN)n(-c2ccc(F)cc2)n1. The highest BCUT2D eigenvalue weighted by Gasteiger charge is 2.27. The first-order valence-electron chi connectivity index (χ1n) is 37.5. The Morgan fingerprint density at radius 2 is 0.786 bits per heavy atom. The number of nitrogens with zero attached hydrogens (tertiary/aromatic N) is 7. The van der Waals surface area contributed by atoms with Gasteiger partial charge in [-0.15, -0.1) is 0 Å². The number of carboxylic acids is 1. The minimum absolute atomic E-state index is 0.00662. The Balaban J connectivity index is 0.000000258. The highest BCUT2D eigenvalue weighted by Crippen LogP contribution is 2.30. The Hall–Kier alpha value is -9.53. The van der Waals surface area contributed by atoms with E-state index in [4.69, 9.17) is 45.1 Å². The Morgan fingerprint density at radius 3 is 1.11 bits per heavy atom. The molecule has 112 heavy (non-hydrogen) atoms. The van der Waals surface area contributed by atoms with E-state index in [1.54, 1.807) is 75.6 Å². The number of aromatic amines is 1. The van der Waals surface area contributed by atoms with Crippen LogP contribution >= 0.6 is 0 Å². The predicted octanol–water partition coefficient (Wildman–Crippen LogP) is 17.1. The third kappa shape index (κ3) is 30.5. The molecule has 0 radical (unpaired) electrons. The fraction of sp³-hybridized carbons (Fsp3) is 0.471. The molecule has 0 spiro atoms. The van der Waals surface area contributed by atoms with Crippen LogP contribution in [0.15, 0.2) is 133 Å². The molecule has 0 fully saturated rings. The highest BCUT2D eigenvalue weighted by molar-refractivity contribution is 5.85. The number of carbonyl (C=O) groups is 4. The van der Waals surface area contributed by atoms with Crippen molar-refractivity contribution in [3.63, 3.8) is 0 Å². The number of aryl methyl sites for hydroxylation is 3. The van der Waals surface area contributed by atoms with Crippen LogP contribution in [-0.4, -0.2) is 116 Å². The third-order valence-electron chi connectivity index (χ3n) is 17.1. The largest absolute Gasteiger partial charge is 0.481 e. The van der Waals surface area contributed by atoms with Crippen LogP contribution in [0.2, 0.25) is 0 Å². The second-order valence-corrected chi connectivity index (χ2v) is 33.4. The molecule has 610 valence electrons. The fourth-order valence-corrected chi connectivity index (χ4v) is 10.6. The van der Waals surface area contributed by atoms with Crippen LogP contribution in [0.1, 0.15) is 237 Å². The lowest BCUT2D eigenvalue weighted by Gasteiger charge is -2.19. The summed E-state index contributed by atoms with van der Waals surface area (Å²) in [7, 11) is 0. The first-order valence-corrected chi connectivity index (χ1v) is 37.5. The number of carboxylic acid groups (broad SMARTS) is 1. The third-order valence-corrected chi connectivity index (χ3v) is 17.1. The number of carbonyl (C=O) groups excluding carboxylic acids is 3. The van der Waals surface area contributed by atoms with Crippen molar-refractivity contribution in [2.24, 2.45) is 5.73 Å². The molecule has 0 aliphatic rings. The standard InChI is InChI=1S/C27H32F2N2O3.C20H27FN2O2.C14H18FN3.C14H24N2O2.C12H15FO4/c1-18(19-5-6-20(24(29)15-19)17-34-14-13-32)25(33)12-11-23-16-26(27(2,3)4)30-31(23)22-9-7-21(28)8-10-22;1-19(2,3)17-13-16(11-12-18(24)25-20(4,5)6)23(22-17)15-9-7-14(21)8-10-15;1-14(2,3)13-8-12(9-16)18(17-13)11-6-4-10(15)5-7-11;1-13(2,3)11-9-10(15-16-11)7-8-12(17)18-14(4,5)6;1-8(12(15)16)9-2-3-10(11(13)6-9)7-17-5-4-14/h5-10,15-16,18,32H,11-14,17H2,1-4H3;7-10,13H,11-12H2,1-6H3;4-8H,9,16H2,1-3H3;9H,7-8H2,1-6H3,(H,15,16);2-3,6,8,14H,4-5,7H2,1H3,(H,15,16). The van der Waals surface area contributed by atoms with Crippen LogP contribution in [0.3, 0.4) is 0 Å². The average molecular weight is 1560 g/mol. The number of aliphatic carboxylic acids is 1. The number of hydrogen-bond donors (Lipinski definition) is 5. The molecule has 5 aromatic carbocycles. The van der Waals surface area contributed by atoms with Crippen LogP contribution in [0.4, 0.5) is 22.0 Å². The summed E-state index contributed by atoms with van der Waals surface area (Å²) in [6.45, 7) is 40.1. The first-order chi connectivity index (χ1) is 52.1. The Bertz CT molecular complexity index is 4470. The van der Waals surface area contributed by atoms with Crippen molar-refractivity contribution >= 4 is 23.7 Å². The van der Waals surface area contributed by atoms with Gasteiger partial charge in [-0.3, -0.25) is 24.3 Å². The van der Waals surface area contributed by atoms with Crippen LogP contribution in [-0.2, 0) is 98.8 Å². The average Bonchev–Trinajstić information content (AvgIpc) is 1.66. The number of aliphatic hydroxyl groups excluding tert-OH is 2. The van der Waals surface area contributed by atoms with E-state index in [1.807, 2.05) is 65.8 Å². The van der Waals surface area contributed by atoms with Crippen molar-refractivity contribution in [1.82, 2.24) is 39.5 Å². The summed E-state index contributed by atoms with van der Waals surface area (Å²) >= 11 is 0. The normalized spacial score (nSPS) is 12.4. The van der Waals surface area contributed by atoms with E-state index in [1.165, 1.54) is 61.5 Å². The molecule has 0 bridgehead atoms. The summed E-state index contributed by atoms with van der Waals surface area (Å²) in [5, 5.41) is 47.3. The van der Waals surface area contributed by atoms with Gasteiger partial charge in [0, 0.05) is 75.2 Å². The maximum atomic E-state index is 14.4. The topological polar surface area (TPSA) is 274 Å². The quantitative estimate of drug-likeness (QED) is 0.0202. The van der Waals surface area contributed by atoms with Gasteiger partial charge in [0.2, 0.25) is 0 Å². The Labute approximate surface area is 656 Å². The number of ketones is 1. The number of hydrogen-bond acceptors (Lipinski definition) is 15. The number of aromatic nitrogens is 8. The lowest BCUT2D eigenvalue weighted by molar-refractivity contribution is -0.155. The monoisotopic (exact) mass is 1560 g/mol. The van der Waals surface area contributed by atoms with Gasteiger partial charge in [0.15, 0.2) is 0 Å². The van der Waals surface area contributed by atoms with Gasteiger partial charge in [0.1, 0.15) is 46.1 Å². The summed E-state index contributed by atoms with van der Waals surface area (Å²) in [6.07, 6.45) is 2.52. The van der Waals surface area contributed by atoms with Crippen LogP contribution < -0.4 is 5.73 Å². The van der Waals surface area contributed by atoms with Crippen molar-refractivity contribution in [1.29, 1.82) is 0 Å². The molecule has 0 saturated heterocycles. The van der Waals surface area contributed by atoms with E-state index in [9.17, 15) is 41.1 Å². The molecule has 9 rings (SSSR count). The van der Waals surface area contributed by atoms with Gasteiger partial charge in [-0.2, -0.15) is 20.4 Å². The number of ether oxygens (including phenoxy) is 4. The Kier molecular flexibility index (Phi) is 34.3. The number of aliphatic hydroxyl groups is 2. The molecule has 0 aliphatic heterocycles. The van der Waals surface area contributed by atoms with Gasteiger partial charge in [0.05, 0.1) is 104 Å². The van der Waals surface area contributed by atoms with Gasteiger partial charge >= 0.3 is 17.9 Å². The summed E-state index contributed by atoms with van der Waals surface area (Å²) in [5.74, 6) is -4.40. The van der Waals surface area contributed by atoms with E-state index in [0.29, 0.717) is 54.5 Å². The van der Waals surface area contributed by atoms with E-state index < -0.39 is 40.6 Å². The first kappa shape index (κ1) is 93.1. The number of Topliss-reactive ketones (excluding diaryl/α,β-unsaturated/α-hetero) is 1. The van der Waals surface area contributed by atoms with Gasteiger partial charge in [-0.1, -0.05) is 114 Å². The molecule has 2 atom stereocenters. The maximum absolute atomic E-state index is 14.4. The predicted molar refractivity (Wildman–Crippen MR) is 424 cm³/mol. The molecular formula is C87H116F5N9O11. The van der Waals surface area contributed by atoms with Gasteiger partial charge in [-0.25, -0.2) is 36.0 Å². The lowest BCUT2D eigenvalue weighted by Crippen LogP contribution is -2.24. The smallest absolute Gasteiger partial charge is 0.310 e. The number of rotatable bonds is 25. The molecular weight excluding hydrogens is 1440 g/mol. The van der Waals surface area contributed by atoms with Crippen LogP contribution in [0.25, 0.3) is 17.1 Å².